The van der Waals surface area contributed by atoms with Crippen LogP contribution in [0.1, 0.15) is 48.0 Å². The van der Waals surface area contributed by atoms with Crippen LogP contribution in [0.4, 0.5) is 0 Å². The van der Waals surface area contributed by atoms with E-state index >= 15 is 0 Å². The molecule has 0 radical (unpaired) electrons. The summed E-state index contributed by atoms with van der Waals surface area (Å²) in [5.74, 6) is -1.03. The maximum absolute atomic E-state index is 11.3. The molecule has 0 aliphatic carbocycles. The van der Waals surface area contributed by atoms with Crippen molar-refractivity contribution in [2.75, 3.05) is 6.54 Å². The highest BCUT2D eigenvalue weighted by Crippen LogP contribution is 2.17. The van der Waals surface area contributed by atoms with Crippen molar-refractivity contribution in [3.63, 3.8) is 0 Å². The van der Waals surface area contributed by atoms with Gasteiger partial charge in [-0.2, -0.15) is 0 Å². The molecule has 0 aromatic carbocycles. The van der Waals surface area contributed by atoms with Crippen molar-refractivity contribution in [2.45, 2.75) is 48.0 Å². The van der Waals surface area contributed by atoms with E-state index in [9.17, 15) is 4.79 Å². The fraction of sp³-hybridized carbons (Fsp3) is 0.400. The second-order valence-electron chi connectivity index (χ2n) is 5.07. The molecule has 0 rings (SSSR count). The van der Waals surface area contributed by atoms with Crippen LogP contribution in [0.25, 0.3) is 0 Å². The molecule has 0 spiro atoms. The third-order valence-corrected chi connectivity index (χ3v) is 2.99. The monoisotopic (exact) mass is 331 g/mol. The summed E-state index contributed by atoms with van der Waals surface area (Å²) in [5.41, 5.74) is 9.46. The Morgan fingerprint density at radius 1 is 1.21 bits per heavy atom. The Morgan fingerprint density at radius 2 is 1.79 bits per heavy atom. The van der Waals surface area contributed by atoms with Crippen LogP contribution in [-0.4, -0.2) is 18.3 Å². The highest BCUT2D eigenvalue weighted by Gasteiger charge is 2.05. The molecule has 134 valence electrons. The van der Waals surface area contributed by atoms with Gasteiger partial charge in [0.1, 0.15) is 0 Å². The highest BCUT2D eigenvalue weighted by atomic mass is 16.2. The molecule has 4 nitrogen and oxygen atoms in total. The summed E-state index contributed by atoms with van der Waals surface area (Å²) >= 11 is 0. The predicted molar refractivity (Wildman–Crippen MR) is 106 cm³/mol. The molecule has 0 saturated carbocycles. The summed E-state index contributed by atoms with van der Waals surface area (Å²) in [6, 6.07) is 0. The third kappa shape index (κ3) is 10.4. The zero-order chi connectivity index (χ0) is 19.1. The van der Waals surface area contributed by atoms with Crippen molar-refractivity contribution < 1.29 is 4.79 Å². The van der Waals surface area contributed by atoms with Crippen LogP contribution < -0.4 is 11.1 Å². The van der Waals surface area contributed by atoms with E-state index in [1.54, 1.807) is 0 Å². The molecule has 0 aromatic rings. The summed E-state index contributed by atoms with van der Waals surface area (Å²) in [7, 11) is 0. The van der Waals surface area contributed by atoms with Crippen LogP contribution in [0.2, 0.25) is 0 Å². The van der Waals surface area contributed by atoms with Crippen LogP contribution in [0, 0.1) is 5.41 Å². The molecule has 0 fully saturated rings. The normalized spacial score (nSPS) is 11.8. The zero-order valence-corrected chi connectivity index (χ0v) is 16.0. The van der Waals surface area contributed by atoms with Crippen LogP contribution in [0.3, 0.4) is 0 Å². The summed E-state index contributed by atoms with van der Waals surface area (Å²) < 4.78 is 0. The second kappa shape index (κ2) is 14.2. The number of rotatable bonds is 7. The van der Waals surface area contributed by atoms with E-state index in [0.717, 1.165) is 23.1 Å². The topological polar surface area (TPSA) is 79.0 Å². The van der Waals surface area contributed by atoms with Gasteiger partial charge in [0, 0.05) is 6.54 Å². The van der Waals surface area contributed by atoms with E-state index in [1.165, 1.54) is 5.57 Å². The minimum absolute atomic E-state index is 0.374. The van der Waals surface area contributed by atoms with Gasteiger partial charge in [-0.1, -0.05) is 68.9 Å². The average Bonchev–Trinajstić information content (AvgIpc) is 2.58. The summed E-state index contributed by atoms with van der Waals surface area (Å²) in [6.07, 6.45) is 10.7. The lowest BCUT2D eigenvalue weighted by Gasteiger charge is -2.09. The molecule has 1 amide bonds. The van der Waals surface area contributed by atoms with Gasteiger partial charge in [-0.05, 0) is 38.3 Å². The van der Waals surface area contributed by atoms with Gasteiger partial charge in [0.25, 0.3) is 5.91 Å². The predicted octanol–water partition coefficient (Wildman–Crippen LogP) is 4.43. The van der Waals surface area contributed by atoms with E-state index in [1.807, 2.05) is 71.9 Å². The lowest BCUT2D eigenvalue weighted by molar-refractivity contribution is -0.114. The number of amides is 1. The molecule has 0 aromatic heterocycles. The molecule has 0 bridgehead atoms. The number of amidine groups is 1. The molecular formula is C20H33N3O. The Balaban J connectivity index is 0. The maximum Gasteiger partial charge on any atom is 0.286 e. The molecular weight excluding hydrogens is 298 g/mol. The van der Waals surface area contributed by atoms with Crippen molar-refractivity contribution in [1.82, 2.24) is 5.32 Å². The lowest BCUT2D eigenvalue weighted by Crippen LogP contribution is -2.36. The number of hydrogen-bond donors (Lipinski definition) is 3. The van der Waals surface area contributed by atoms with E-state index in [-0.39, 0.29) is 0 Å². The standard InChI is InChI=1S/C18H27N3O.C2H6/c1-6-14(12-21-18(22)17(19)20)11-16(8-3)15(7-2)10-9-13(4)5;1-2/h7-11H,2,6,12H2,1,3-5H3,(H3,19,20)(H,21,22);1-2H3/b14-11+,15-10+,16-8+;. The Morgan fingerprint density at radius 3 is 2.17 bits per heavy atom. The summed E-state index contributed by atoms with van der Waals surface area (Å²) in [6.45, 7) is 16.3. The van der Waals surface area contributed by atoms with Crippen molar-refractivity contribution in [3.05, 3.63) is 59.3 Å². The van der Waals surface area contributed by atoms with Crippen LogP contribution in [0.5, 0.6) is 0 Å². The smallest absolute Gasteiger partial charge is 0.286 e. The van der Waals surface area contributed by atoms with Gasteiger partial charge in [-0.3, -0.25) is 10.2 Å². The number of hydrogen-bond acceptors (Lipinski definition) is 2. The number of nitrogens with two attached hydrogens (primary N) is 1. The molecule has 4 N–H and O–H groups in total. The molecule has 0 heterocycles. The van der Waals surface area contributed by atoms with Gasteiger partial charge < -0.3 is 11.1 Å². The van der Waals surface area contributed by atoms with Crippen LogP contribution in [0.15, 0.2) is 59.3 Å². The number of allylic oxidation sites excluding steroid dienone is 8. The summed E-state index contributed by atoms with van der Waals surface area (Å²) in [5, 5.41) is 9.71. The van der Waals surface area contributed by atoms with Gasteiger partial charge in [0.2, 0.25) is 0 Å². The van der Waals surface area contributed by atoms with Gasteiger partial charge in [-0.25, -0.2) is 0 Å². The van der Waals surface area contributed by atoms with Gasteiger partial charge >= 0.3 is 0 Å². The third-order valence-electron chi connectivity index (χ3n) is 2.99. The fourth-order valence-electron chi connectivity index (χ4n) is 1.66. The molecule has 0 atom stereocenters. The Bertz CT molecular complexity index is 545. The van der Waals surface area contributed by atoms with Crippen LogP contribution >= 0.6 is 0 Å². The minimum Gasteiger partial charge on any atom is -0.380 e. The first-order chi connectivity index (χ1) is 11.3. The molecule has 0 aliphatic heterocycles. The number of nitrogens with one attached hydrogen (secondary N) is 2. The maximum atomic E-state index is 11.3. The first kappa shape index (κ1) is 23.9. The first-order valence-corrected chi connectivity index (χ1v) is 8.31. The molecule has 0 aliphatic rings. The van der Waals surface area contributed by atoms with Gasteiger partial charge in [0.05, 0.1) is 0 Å². The van der Waals surface area contributed by atoms with E-state index < -0.39 is 11.7 Å². The number of carbonyl (C=O) groups is 1. The molecule has 0 unspecified atom stereocenters. The van der Waals surface area contributed by atoms with E-state index in [4.69, 9.17) is 11.1 Å². The Hall–Kier alpha value is -2.36. The van der Waals surface area contributed by atoms with Crippen molar-refractivity contribution in [3.8, 4) is 0 Å². The largest absolute Gasteiger partial charge is 0.380 e. The molecule has 24 heavy (non-hydrogen) atoms. The van der Waals surface area contributed by atoms with Crippen LogP contribution in [-0.2, 0) is 4.79 Å². The lowest BCUT2D eigenvalue weighted by atomic mass is 10.0. The van der Waals surface area contributed by atoms with E-state index in [0.29, 0.717) is 6.54 Å². The average molecular weight is 332 g/mol. The Kier molecular flexibility index (Phi) is 14.2. The quantitative estimate of drug-likeness (QED) is 0.366. The van der Waals surface area contributed by atoms with Gasteiger partial charge in [-0.15, -0.1) is 0 Å². The van der Waals surface area contributed by atoms with Crippen molar-refractivity contribution in [2.24, 2.45) is 5.73 Å². The minimum atomic E-state index is -0.551. The SMILES string of the molecule is C=CC(=C\C=C(C)C)/C(/C=C(\CC)CNC(=O)C(=N)N)=C/C.CC. The molecule has 0 saturated heterocycles. The van der Waals surface area contributed by atoms with E-state index in [2.05, 4.69) is 11.9 Å². The fourth-order valence-corrected chi connectivity index (χ4v) is 1.66. The first-order valence-electron chi connectivity index (χ1n) is 8.31. The van der Waals surface area contributed by atoms with Gasteiger partial charge in [0.15, 0.2) is 5.84 Å². The second-order valence-corrected chi connectivity index (χ2v) is 5.07. The summed E-state index contributed by atoms with van der Waals surface area (Å²) in [4.78, 5) is 11.3. The molecule has 4 heteroatoms. The highest BCUT2D eigenvalue weighted by molar-refractivity contribution is 6.35. The Labute approximate surface area is 147 Å². The zero-order valence-electron chi connectivity index (χ0n) is 16.0. The number of carbonyl (C=O) groups excluding carboxylic acids is 1. The van der Waals surface area contributed by atoms with Crippen molar-refractivity contribution >= 4 is 11.7 Å². The van der Waals surface area contributed by atoms with Crippen molar-refractivity contribution in [1.29, 1.82) is 5.41 Å².